The maximum absolute atomic E-state index is 12.3. The molecule has 25 heavy (non-hydrogen) atoms. The summed E-state index contributed by atoms with van der Waals surface area (Å²) in [5.41, 5.74) is 2.37. The maximum Gasteiger partial charge on any atom is 0.418 e. The third-order valence-electron chi connectivity index (χ3n) is 4.67. The second-order valence-electron chi connectivity index (χ2n) is 6.43. The Morgan fingerprint density at radius 2 is 2.12 bits per heavy atom. The van der Waals surface area contributed by atoms with Gasteiger partial charge in [-0.25, -0.2) is 10.3 Å². The molecule has 0 spiro atoms. The third-order valence-corrected chi connectivity index (χ3v) is 5.02. The molecule has 12 heteroatoms. The summed E-state index contributed by atoms with van der Waals surface area (Å²) in [6, 6.07) is -1.87. The lowest BCUT2D eigenvalue weighted by atomic mass is 10.0. The average Bonchev–Trinajstić information content (AvgIpc) is 2.79. The van der Waals surface area contributed by atoms with Crippen LogP contribution in [0.15, 0.2) is 0 Å². The largest absolute Gasteiger partial charge is 0.418 e. The highest BCUT2D eigenvalue weighted by molar-refractivity contribution is 7.80. The molecule has 3 fully saturated rings. The van der Waals surface area contributed by atoms with Crippen molar-refractivity contribution >= 4 is 22.3 Å². The first-order valence-electron chi connectivity index (χ1n) is 8.27. The molecule has 142 valence electrons. The summed E-state index contributed by atoms with van der Waals surface area (Å²) in [5.74, 6) is -0.462. The van der Waals surface area contributed by atoms with E-state index in [1.807, 2.05) is 0 Å². The number of hydrogen-bond donors (Lipinski definition) is 3. The van der Waals surface area contributed by atoms with Crippen LogP contribution in [0.2, 0.25) is 0 Å². The van der Waals surface area contributed by atoms with Crippen LogP contribution < -0.4 is 10.8 Å². The molecule has 0 saturated carbocycles. The van der Waals surface area contributed by atoms with Crippen molar-refractivity contribution < 1.29 is 31.7 Å². The van der Waals surface area contributed by atoms with Gasteiger partial charge in [0, 0.05) is 12.6 Å². The molecule has 3 N–H and O–H groups in total. The Balaban J connectivity index is 1.51. The summed E-state index contributed by atoms with van der Waals surface area (Å²) in [7, 11) is -4.80. The highest BCUT2D eigenvalue weighted by Gasteiger charge is 2.49. The fourth-order valence-electron chi connectivity index (χ4n) is 3.45. The minimum absolute atomic E-state index is 0.149. The van der Waals surface area contributed by atoms with Crippen LogP contribution >= 0.6 is 0 Å². The number of hydrogen-bond acceptors (Lipinski definition) is 7. The zero-order valence-electron chi connectivity index (χ0n) is 13.6. The van der Waals surface area contributed by atoms with E-state index in [-0.39, 0.29) is 12.6 Å². The topological polar surface area (TPSA) is 138 Å². The lowest BCUT2D eigenvalue weighted by Crippen LogP contribution is -2.50. The van der Waals surface area contributed by atoms with Crippen LogP contribution in [0.5, 0.6) is 0 Å². The van der Waals surface area contributed by atoms with Gasteiger partial charge < -0.3 is 10.2 Å². The number of hydroxylamine groups is 3. The fourth-order valence-corrected chi connectivity index (χ4v) is 3.84. The Bertz CT molecular complexity index is 622. The minimum atomic E-state index is -4.80. The monoisotopic (exact) mass is 378 g/mol. The van der Waals surface area contributed by atoms with Gasteiger partial charge in [0.15, 0.2) is 0 Å². The summed E-state index contributed by atoms with van der Waals surface area (Å²) < 4.78 is 34.8. The summed E-state index contributed by atoms with van der Waals surface area (Å²) in [6.07, 6.45) is 3.95. The maximum atomic E-state index is 12.3. The van der Waals surface area contributed by atoms with Crippen LogP contribution in [-0.2, 0) is 24.3 Å². The molecule has 3 aliphatic rings. The number of piperidine rings is 2. The molecule has 3 atom stereocenters. The van der Waals surface area contributed by atoms with Crippen molar-refractivity contribution in [2.75, 3.05) is 19.7 Å². The van der Waals surface area contributed by atoms with E-state index in [1.54, 1.807) is 0 Å². The number of rotatable bonds is 6. The molecule has 0 aromatic carbocycles. The molecule has 11 nitrogen and oxygen atoms in total. The smallest absolute Gasteiger partial charge is 0.312 e. The van der Waals surface area contributed by atoms with Crippen molar-refractivity contribution in [3.63, 3.8) is 0 Å². The van der Waals surface area contributed by atoms with Crippen molar-refractivity contribution in [2.45, 2.75) is 50.2 Å². The molecule has 3 amide bonds. The van der Waals surface area contributed by atoms with E-state index in [0.717, 1.165) is 25.8 Å². The minimum Gasteiger partial charge on any atom is -0.312 e. The molecule has 3 aliphatic heterocycles. The van der Waals surface area contributed by atoms with Gasteiger partial charge in [-0.3, -0.25) is 14.2 Å². The Hall–Kier alpha value is -1.47. The van der Waals surface area contributed by atoms with Gasteiger partial charge in [0.1, 0.15) is 6.04 Å². The number of nitrogens with one attached hydrogen (secondary N) is 2. The van der Waals surface area contributed by atoms with Crippen LogP contribution in [0.3, 0.4) is 0 Å². The van der Waals surface area contributed by atoms with Gasteiger partial charge in [-0.15, -0.1) is 4.28 Å². The summed E-state index contributed by atoms with van der Waals surface area (Å²) in [4.78, 5) is 31.0. The van der Waals surface area contributed by atoms with Gasteiger partial charge >= 0.3 is 16.4 Å². The Morgan fingerprint density at radius 1 is 1.32 bits per heavy atom. The zero-order chi connectivity index (χ0) is 18.0. The van der Waals surface area contributed by atoms with E-state index in [0.29, 0.717) is 24.5 Å². The molecule has 3 rings (SSSR count). The van der Waals surface area contributed by atoms with Gasteiger partial charge in [0.05, 0.1) is 12.6 Å². The predicted octanol–water partition coefficient (Wildman–Crippen LogP) is -0.821. The van der Waals surface area contributed by atoms with Crippen molar-refractivity contribution in [3.8, 4) is 0 Å². The highest BCUT2D eigenvalue weighted by Crippen LogP contribution is 2.30. The molecule has 2 bridgehead atoms. The first-order valence-corrected chi connectivity index (χ1v) is 9.63. The normalized spacial score (nSPS) is 29.8. The number of amides is 3. The van der Waals surface area contributed by atoms with E-state index in [4.69, 9.17) is 9.39 Å². The Labute approximate surface area is 145 Å². The Morgan fingerprint density at radius 3 is 2.80 bits per heavy atom. The number of urea groups is 1. The second-order valence-corrected chi connectivity index (χ2v) is 7.44. The molecular weight excluding hydrogens is 356 g/mol. The molecule has 1 unspecified atom stereocenters. The number of carbonyl (C=O) groups excluding carboxylic acids is 2. The first-order chi connectivity index (χ1) is 11.8. The van der Waals surface area contributed by atoms with E-state index in [1.165, 1.54) is 4.90 Å². The standard InChI is InChI=1S/C13H22N4O7S/c18-12(15-23-8-9-3-1-2-6-14-9)11-5-4-10-7-16(11)13(19)17(10)24-25(20,21)22/h9-11,14H,1-8H2,(H,15,18)(H,20,21,22)/t9-,10?,11-/m0/s1. The van der Waals surface area contributed by atoms with Crippen LogP contribution in [-0.4, -0.2) is 72.7 Å². The zero-order valence-corrected chi connectivity index (χ0v) is 14.4. The average molecular weight is 378 g/mol. The molecule has 3 heterocycles. The van der Waals surface area contributed by atoms with Crippen LogP contribution in [0.4, 0.5) is 4.79 Å². The van der Waals surface area contributed by atoms with E-state index >= 15 is 0 Å². The quantitative estimate of drug-likeness (QED) is 0.403. The van der Waals surface area contributed by atoms with Gasteiger partial charge in [-0.1, -0.05) is 6.42 Å². The van der Waals surface area contributed by atoms with Crippen LogP contribution in [0, 0.1) is 0 Å². The van der Waals surface area contributed by atoms with Gasteiger partial charge in [-0.05, 0) is 32.2 Å². The first kappa shape index (κ1) is 18.3. The molecule has 3 saturated heterocycles. The lowest BCUT2D eigenvalue weighted by molar-refractivity contribution is -0.139. The third kappa shape index (κ3) is 4.39. The fraction of sp³-hybridized carbons (Fsp3) is 0.846. The van der Waals surface area contributed by atoms with Crippen molar-refractivity contribution in [1.29, 1.82) is 0 Å². The summed E-state index contributed by atoms with van der Waals surface area (Å²) in [6.45, 7) is 1.42. The summed E-state index contributed by atoms with van der Waals surface area (Å²) in [5, 5.41) is 3.90. The molecule has 0 aliphatic carbocycles. The van der Waals surface area contributed by atoms with E-state index < -0.39 is 34.4 Å². The molecule has 0 aromatic heterocycles. The van der Waals surface area contributed by atoms with E-state index in [2.05, 4.69) is 15.1 Å². The number of carbonyl (C=O) groups is 2. The number of nitrogens with zero attached hydrogens (tertiary/aromatic N) is 2. The van der Waals surface area contributed by atoms with Crippen molar-refractivity contribution in [2.24, 2.45) is 0 Å². The molecular formula is C13H22N4O7S. The SMILES string of the molecule is O=C(NOC[C@@H]1CCCCN1)[C@@H]1CCC2CN1C(=O)N2OS(=O)(=O)O. The van der Waals surface area contributed by atoms with Crippen LogP contribution in [0.1, 0.15) is 32.1 Å². The lowest BCUT2D eigenvalue weighted by Gasteiger charge is -2.29. The molecule has 0 aromatic rings. The van der Waals surface area contributed by atoms with Crippen LogP contribution in [0.25, 0.3) is 0 Å². The van der Waals surface area contributed by atoms with Crippen molar-refractivity contribution in [3.05, 3.63) is 0 Å². The Kier molecular flexibility index (Phi) is 5.43. The van der Waals surface area contributed by atoms with E-state index in [9.17, 15) is 18.0 Å². The van der Waals surface area contributed by atoms with Gasteiger partial charge in [0.2, 0.25) is 0 Å². The van der Waals surface area contributed by atoms with Gasteiger partial charge in [0.25, 0.3) is 5.91 Å². The highest BCUT2D eigenvalue weighted by atomic mass is 32.3. The summed E-state index contributed by atoms with van der Waals surface area (Å²) >= 11 is 0. The van der Waals surface area contributed by atoms with Crippen molar-refractivity contribution in [1.82, 2.24) is 20.8 Å². The second kappa shape index (κ2) is 7.41. The number of fused-ring (bicyclic) bond motifs is 2. The predicted molar refractivity (Wildman–Crippen MR) is 83.1 cm³/mol. The van der Waals surface area contributed by atoms with Gasteiger partial charge in [-0.2, -0.15) is 13.5 Å². The molecule has 0 radical (unpaired) electrons.